The first kappa shape index (κ1) is 16.5. The van der Waals surface area contributed by atoms with Crippen LogP contribution in [-0.2, 0) is 9.30 Å². The van der Waals surface area contributed by atoms with Gasteiger partial charge in [0.1, 0.15) is 5.60 Å². The summed E-state index contributed by atoms with van der Waals surface area (Å²) in [5.74, 6) is 0. The number of rotatable bonds is 3. The molecule has 1 amide bonds. The average molecular weight is 338 g/mol. The van der Waals surface area contributed by atoms with E-state index < -0.39 is 13.0 Å². The largest absolute Gasteiger partial charge is 0.441 e. The van der Waals surface area contributed by atoms with E-state index >= 15 is 0 Å². The Morgan fingerprint density at radius 1 is 1.26 bits per heavy atom. The molecule has 1 atom stereocenters. The molecule has 1 aromatic rings. The molecule has 2 aliphatic heterocycles. The van der Waals surface area contributed by atoms with E-state index in [-0.39, 0.29) is 6.09 Å². The summed E-state index contributed by atoms with van der Waals surface area (Å²) in [6.07, 6.45) is 1.37. The highest BCUT2D eigenvalue weighted by atomic mass is 31.2. The van der Waals surface area contributed by atoms with Gasteiger partial charge in [0.15, 0.2) is 0 Å². The summed E-state index contributed by atoms with van der Waals surface area (Å²) in [6, 6.07) is 6.63. The van der Waals surface area contributed by atoms with Crippen molar-refractivity contribution < 1.29 is 19.0 Å². The number of hydrogen-bond acceptors (Lipinski definition) is 4. The molecule has 0 saturated carbocycles. The van der Waals surface area contributed by atoms with E-state index in [2.05, 4.69) is 11.8 Å². The summed E-state index contributed by atoms with van der Waals surface area (Å²) in [7, 11) is -3.27. The number of anilines is 1. The summed E-state index contributed by atoms with van der Waals surface area (Å²) in [5.41, 5.74) is 0.320. The Balaban J connectivity index is 1.75. The number of amides is 1. The van der Waals surface area contributed by atoms with Crippen molar-refractivity contribution in [2.24, 2.45) is 0 Å². The Kier molecular flexibility index (Phi) is 4.25. The number of hydrogen-bond donors (Lipinski definition) is 1. The predicted octanol–water partition coefficient (Wildman–Crippen LogP) is 2.02. The van der Waals surface area contributed by atoms with E-state index in [9.17, 15) is 14.3 Å². The zero-order valence-corrected chi connectivity index (χ0v) is 14.5. The molecular weight excluding hydrogens is 315 g/mol. The minimum atomic E-state index is -3.27. The van der Waals surface area contributed by atoms with Gasteiger partial charge in [-0.15, -0.1) is 0 Å². The molecule has 2 fully saturated rings. The maximum absolute atomic E-state index is 12.3. The normalized spacial score (nSPS) is 23.8. The van der Waals surface area contributed by atoms with E-state index in [0.717, 1.165) is 32.5 Å². The van der Waals surface area contributed by atoms with Gasteiger partial charge >= 0.3 is 6.09 Å². The van der Waals surface area contributed by atoms with Crippen LogP contribution in [0.5, 0.6) is 0 Å². The zero-order valence-electron chi connectivity index (χ0n) is 13.6. The zero-order chi connectivity index (χ0) is 16.7. The quantitative estimate of drug-likeness (QED) is 0.854. The van der Waals surface area contributed by atoms with Gasteiger partial charge in [0.2, 0.25) is 7.37 Å². The van der Waals surface area contributed by atoms with Crippen molar-refractivity contribution in [1.82, 2.24) is 4.90 Å². The van der Waals surface area contributed by atoms with Gasteiger partial charge in [-0.25, -0.2) is 4.79 Å². The van der Waals surface area contributed by atoms with Crippen LogP contribution in [0.25, 0.3) is 0 Å². The topological polar surface area (TPSA) is 70.1 Å². The number of carbonyl (C=O) groups is 1. The second-order valence-electron chi connectivity index (χ2n) is 6.47. The summed E-state index contributed by atoms with van der Waals surface area (Å²) in [4.78, 5) is 25.8. The number of carbonyl (C=O) groups excluding carboxylic acids is 1. The minimum Gasteiger partial charge on any atom is -0.441 e. The maximum Gasteiger partial charge on any atom is 0.415 e. The first-order valence-electron chi connectivity index (χ1n) is 7.97. The van der Waals surface area contributed by atoms with Gasteiger partial charge in [-0.1, -0.05) is 6.92 Å². The van der Waals surface area contributed by atoms with Crippen LogP contribution in [0.2, 0.25) is 0 Å². The van der Waals surface area contributed by atoms with Crippen LogP contribution >= 0.6 is 7.37 Å². The van der Waals surface area contributed by atoms with Crippen molar-refractivity contribution in [3.8, 4) is 0 Å². The highest BCUT2D eigenvalue weighted by Crippen LogP contribution is 2.37. The lowest BCUT2D eigenvalue weighted by molar-refractivity contribution is 0.00222. The summed E-state index contributed by atoms with van der Waals surface area (Å²) >= 11 is 0. The number of likely N-dealkylation sites (tertiary alicyclic amines) is 1. The maximum atomic E-state index is 12.3. The van der Waals surface area contributed by atoms with E-state index in [1.54, 1.807) is 29.2 Å². The smallest absolute Gasteiger partial charge is 0.415 e. The molecule has 1 N–H and O–H groups in total. The molecule has 2 aliphatic rings. The molecule has 1 spiro atoms. The molecule has 1 aromatic carbocycles. The van der Waals surface area contributed by atoms with Gasteiger partial charge in [-0.05, 0) is 30.8 Å². The fraction of sp³-hybridized carbons (Fsp3) is 0.562. The summed E-state index contributed by atoms with van der Waals surface area (Å²) in [6.45, 7) is 6.90. The molecule has 1 unspecified atom stereocenters. The Morgan fingerprint density at radius 3 is 2.39 bits per heavy atom. The molecule has 3 rings (SSSR count). The van der Waals surface area contributed by atoms with E-state index in [0.29, 0.717) is 17.5 Å². The molecule has 126 valence electrons. The fourth-order valence-corrected chi connectivity index (χ4v) is 3.97. The van der Waals surface area contributed by atoms with E-state index in [1.165, 1.54) is 6.66 Å². The molecule has 6 nitrogen and oxygen atoms in total. The van der Waals surface area contributed by atoms with Crippen LogP contribution in [0.3, 0.4) is 0 Å². The lowest BCUT2D eigenvalue weighted by Crippen LogP contribution is -2.46. The highest BCUT2D eigenvalue weighted by molar-refractivity contribution is 7.65. The molecule has 0 aliphatic carbocycles. The van der Waals surface area contributed by atoms with E-state index in [4.69, 9.17) is 4.74 Å². The minimum absolute atomic E-state index is 0.327. The summed E-state index contributed by atoms with van der Waals surface area (Å²) in [5, 5.41) is 0.389. The second-order valence-corrected chi connectivity index (χ2v) is 8.74. The van der Waals surface area contributed by atoms with Gasteiger partial charge in [0.25, 0.3) is 0 Å². The molecule has 7 heteroatoms. The fourth-order valence-electron chi connectivity index (χ4n) is 3.27. The second kappa shape index (κ2) is 5.93. The van der Waals surface area contributed by atoms with Crippen LogP contribution < -0.4 is 10.2 Å². The lowest BCUT2D eigenvalue weighted by Gasteiger charge is -2.36. The number of benzene rings is 1. The van der Waals surface area contributed by atoms with Gasteiger partial charge in [0.05, 0.1) is 6.54 Å². The molecular formula is C16H23N2O4P. The first-order chi connectivity index (χ1) is 10.8. The van der Waals surface area contributed by atoms with Crippen LogP contribution in [-0.4, -0.2) is 54.3 Å². The van der Waals surface area contributed by atoms with Crippen LogP contribution in [0, 0.1) is 0 Å². The van der Waals surface area contributed by atoms with Crippen LogP contribution in [0.4, 0.5) is 10.5 Å². The Bertz CT molecular complexity index is 632. The number of ether oxygens (including phenoxy) is 1. The summed E-state index contributed by atoms with van der Waals surface area (Å²) < 4.78 is 17.4. The third kappa shape index (κ3) is 3.30. The van der Waals surface area contributed by atoms with Crippen LogP contribution in [0.15, 0.2) is 24.3 Å². The standard InChI is InChI=1S/C16H23N2O4P/c1-3-17-10-8-16(9-11-17)12-18(15(19)22-16)13-4-6-14(7-5-13)23(2,20)21/h4-7H,3,8-12H2,1-2H3,(H,20,21). The molecule has 0 bridgehead atoms. The third-order valence-corrected chi connectivity index (χ3v) is 6.08. The third-order valence-electron chi connectivity index (χ3n) is 4.83. The molecule has 2 heterocycles. The van der Waals surface area contributed by atoms with Crippen molar-refractivity contribution in [3.05, 3.63) is 24.3 Å². The van der Waals surface area contributed by atoms with E-state index in [1.807, 2.05) is 0 Å². The average Bonchev–Trinajstić information content (AvgIpc) is 2.84. The Morgan fingerprint density at radius 2 is 1.87 bits per heavy atom. The molecule has 23 heavy (non-hydrogen) atoms. The monoisotopic (exact) mass is 338 g/mol. The van der Waals surface area contributed by atoms with Crippen molar-refractivity contribution in [3.63, 3.8) is 0 Å². The van der Waals surface area contributed by atoms with Crippen molar-refractivity contribution in [2.75, 3.05) is 37.7 Å². The van der Waals surface area contributed by atoms with Crippen LogP contribution in [0.1, 0.15) is 19.8 Å². The number of nitrogens with zero attached hydrogens (tertiary/aromatic N) is 2. The number of piperidine rings is 1. The van der Waals surface area contributed by atoms with Crippen molar-refractivity contribution in [2.45, 2.75) is 25.4 Å². The molecule has 0 aromatic heterocycles. The lowest BCUT2D eigenvalue weighted by atomic mass is 9.91. The van der Waals surface area contributed by atoms with Gasteiger partial charge in [-0.2, -0.15) is 0 Å². The SMILES string of the molecule is CCN1CCC2(CC1)CN(c1ccc(P(C)(=O)O)cc1)C(=O)O2. The molecule has 0 radical (unpaired) electrons. The highest BCUT2D eigenvalue weighted by Gasteiger charge is 2.47. The van der Waals surface area contributed by atoms with Gasteiger partial charge < -0.3 is 14.5 Å². The molecule has 2 saturated heterocycles. The Labute approximate surface area is 136 Å². The van der Waals surface area contributed by atoms with Crippen molar-refractivity contribution >= 4 is 24.5 Å². The van der Waals surface area contributed by atoms with Gasteiger partial charge in [0, 0.05) is 43.6 Å². The van der Waals surface area contributed by atoms with Gasteiger partial charge in [-0.3, -0.25) is 9.46 Å². The first-order valence-corrected chi connectivity index (χ1v) is 10.1. The Hall–Kier alpha value is -1.36. The predicted molar refractivity (Wildman–Crippen MR) is 89.7 cm³/mol. The van der Waals surface area contributed by atoms with Crippen molar-refractivity contribution in [1.29, 1.82) is 0 Å².